The Balaban J connectivity index is 1.55. The van der Waals surface area contributed by atoms with Gasteiger partial charge in [-0.1, -0.05) is 12.1 Å². The third-order valence-electron chi connectivity index (χ3n) is 4.52. The van der Waals surface area contributed by atoms with Crippen molar-refractivity contribution < 1.29 is 18.7 Å². The lowest BCUT2D eigenvalue weighted by Gasteiger charge is -2.21. The van der Waals surface area contributed by atoms with Gasteiger partial charge in [-0.2, -0.15) is 0 Å². The SMILES string of the molecule is CCOc1ccc(CN(C)C(=O)C2CC(=O)N(Cc3ccco3)C2)cc1. The molecule has 1 aliphatic rings. The quantitative estimate of drug-likeness (QED) is 0.765. The highest BCUT2D eigenvalue weighted by Crippen LogP contribution is 2.23. The van der Waals surface area contributed by atoms with Crippen LogP contribution in [0.3, 0.4) is 0 Å². The van der Waals surface area contributed by atoms with E-state index in [-0.39, 0.29) is 24.2 Å². The standard InChI is InChI=1S/C20H24N2O4/c1-3-25-17-8-6-15(7-9-17)12-21(2)20(24)16-11-19(23)22(13-16)14-18-5-4-10-26-18/h4-10,16H,3,11-14H2,1-2H3. The van der Waals surface area contributed by atoms with Crippen molar-refractivity contribution >= 4 is 11.8 Å². The first-order chi connectivity index (χ1) is 12.6. The molecule has 1 fully saturated rings. The molecule has 6 nitrogen and oxygen atoms in total. The summed E-state index contributed by atoms with van der Waals surface area (Å²) in [6.07, 6.45) is 1.84. The summed E-state index contributed by atoms with van der Waals surface area (Å²) in [5, 5.41) is 0. The van der Waals surface area contributed by atoms with Crippen molar-refractivity contribution in [1.29, 1.82) is 0 Å². The van der Waals surface area contributed by atoms with E-state index < -0.39 is 0 Å². The van der Waals surface area contributed by atoms with Gasteiger partial charge in [0.2, 0.25) is 11.8 Å². The molecule has 1 unspecified atom stereocenters. The van der Waals surface area contributed by atoms with E-state index in [2.05, 4.69) is 0 Å². The van der Waals surface area contributed by atoms with Crippen LogP contribution in [0.5, 0.6) is 5.75 Å². The number of carbonyl (C=O) groups is 2. The van der Waals surface area contributed by atoms with Crippen molar-refractivity contribution in [3.63, 3.8) is 0 Å². The number of hydrogen-bond donors (Lipinski definition) is 0. The lowest BCUT2D eigenvalue weighted by atomic mass is 10.1. The van der Waals surface area contributed by atoms with Crippen LogP contribution in [0.15, 0.2) is 47.1 Å². The van der Waals surface area contributed by atoms with E-state index in [9.17, 15) is 9.59 Å². The maximum absolute atomic E-state index is 12.7. The number of likely N-dealkylation sites (tertiary alicyclic amines) is 1. The van der Waals surface area contributed by atoms with E-state index in [1.54, 1.807) is 29.2 Å². The summed E-state index contributed by atoms with van der Waals surface area (Å²) in [7, 11) is 1.78. The lowest BCUT2D eigenvalue weighted by molar-refractivity contribution is -0.135. The van der Waals surface area contributed by atoms with Crippen molar-refractivity contribution in [2.24, 2.45) is 5.92 Å². The largest absolute Gasteiger partial charge is 0.494 e. The van der Waals surface area contributed by atoms with E-state index in [1.165, 1.54) is 0 Å². The third kappa shape index (κ3) is 4.25. The van der Waals surface area contributed by atoms with E-state index in [0.717, 1.165) is 17.1 Å². The van der Waals surface area contributed by atoms with E-state index in [4.69, 9.17) is 9.15 Å². The van der Waals surface area contributed by atoms with E-state index in [0.29, 0.717) is 26.2 Å². The number of carbonyl (C=O) groups excluding carboxylic acids is 2. The molecule has 1 saturated heterocycles. The normalized spacial score (nSPS) is 16.8. The van der Waals surface area contributed by atoms with Gasteiger partial charge in [-0.3, -0.25) is 9.59 Å². The van der Waals surface area contributed by atoms with Gasteiger partial charge < -0.3 is 19.0 Å². The number of furan rings is 1. The Kier molecular flexibility index (Phi) is 5.61. The Labute approximate surface area is 153 Å². The lowest BCUT2D eigenvalue weighted by Crippen LogP contribution is -2.34. The van der Waals surface area contributed by atoms with Crippen LogP contribution in [0.1, 0.15) is 24.7 Å². The van der Waals surface area contributed by atoms with Crippen molar-refractivity contribution in [3.05, 3.63) is 54.0 Å². The summed E-state index contributed by atoms with van der Waals surface area (Å²) in [5.74, 6) is 1.24. The minimum atomic E-state index is -0.301. The molecule has 0 N–H and O–H groups in total. The molecule has 0 aliphatic carbocycles. The summed E-state index contributed by atoms with van der Waals surface area (Å²) in [4.78, 5) is 28.3. The molecule has 0 bridgehead atoms. The Morgan fingerprint density at radius 3 is 2.73 bits per heavy atom. The Morgan fingerprint density at radius 1 is 1.31 bits per heavy atom. The molecule has 0 radical (unpaired) electrons. The molecule has 1 atom stereocenters. The molecule has 1 aromatic carbocycles. The number of amides is 2. The van der Waals surface area contributed by atoms with Crippen LogP contribution in [0.4, 0.5) is 0 Å². The summed E-state index contributed by atoms with van der Waals surface area (Å²) in [6, 6.07) is 11.3. The fourth-order valence-corrected chi connectivity index (χ4v) is 3.20. The zero-order valence-electron chi connectivity index (χ0n) is 15.2. The van der Waals surface area contributed by atoms with Gasteiger partial charge in [0.05, 0.1) is 25.3 Å². The van der Waals surface area contributed by atoms with Gasteiger partial charge in [-0.25, -0.2) is 0 Å². The second-order valence-electron chi connectivity index (χ2n) is 6.53. The van der Waals surface area contributed by atoms with Gasteiger partial charge in [0.25, 0.3) is 0 Å². The van der Waals surface area contributed by atoms with Crippen molar-refractivity contribution in [2.45, 2.75) is 26.4 Å². The van der Waals surface area contributed by atoms with Gasteiger partial charge in [-0.05, 0) is 36.8 Å². The zero-order valence-corrected chi connectivity index (χ0v) is 15.2. The van der Waals surface area contributed by atoms with Gasteiger partial charge in [0, 0.05) is 26.6 Å². The molecule has 2 amide bonds. The molecule has 2 heterocycles. The van der Waals surface area contributed by atoms with Crippen LogP contribution in [0, 0.1) is 5.92 Å². The predicted octanol–water partition coefficient (Wildman–Crippen LogP) is 2.69. The van der Waals surface area contributed by atoms with Crippen LogP contribution in [0.2, 0.25) is 0 Å². The van der Waals surface area contributed by atoms with Crippen molar-refractivity contribution in [2.75, 3.05) is 20.2 Å². The molecule has 6 heteroatoms. The van der Waals surface area contributed by atoms with Crippen LogP contribution in [-0.4, -0.2) is 41.8 Å². The van der Waals surface area contributed by atoms with Crippen molar-refractivity contribution in [3.8, 4) is 5.75 Å². The number of hydrogen-bond acceptors (Lipinski definition) is 4. The minimum Gasteiger partial charge on any atom is -0.494 e. The first kappa shape index (κ1) is 18.0. The van der Waals surface area contributed by atoms with Crippen molar-refractivity contribution in [1.82, 2.24) is 9.80 Å². The molecule has 0 spiro atoms. The van der Waals surface area contributed by atoms with Gasteiger partial charge >= 0.3 is 0 Å². The molecule has 2 aromatic rings. The topological polar surface area (TPSA) is 63.0 Å². The first-order valence-electron chi connectivity index (χ1n) is 8.83. The summed E-state index contributed by atoms with van der Waals surface area (Å²) in [6.45, 7) is 3.93. The van der Waals surface area contributed by atoms with Gasteiger partial charge in [0.1, 0.15) is 11.5 Å². The maximum atomic E-state index is 12.7. The van der Waals surface area contributed by atoms with Crippen LogP contribution >= 0.6 is 0 Å². The minimum absolute atomic E-state index is 0.00535. The number of rotatable bonds is 7. The average molecular weight is 356 g/mol. The van der Waals surface area contributed by atoms with E-state index >= 15 is 0 Å². The Morgan fingerprint density at radius 2 is 2.08 bits per heavy atom. The van der Waals surface area contributed by atoms with Crippen LogP contribution in [-0.2, 0) is 22.7 Å². The van der Waals surface area contributed by atoms with Crippen LogP contribution in [0.25, 0.3) is 0 Å². The molecule has 1 aliphatic heterocycles. The number of benzene rings is 1. The molecule has 1 aromatic heterocycles. The van der Waals surface area contributed by atoms with E-state index in [1.807, 2.05) is 37.3 Å². The summed E-state index contributed by atoms with van der Waals surface area (Å²) >= 11 is 0. The number of nitrogens with zero attached hydrogens (tertiary/aromatic N) is 2. The Hall–Kier alpha value is -2.76. The highest BCUT2D eigenvalue weighted by atomic mass is 16.5. The molecule has 138 valence electrons. The highest BCUT2D eigenvalue weighted by molar-refractivity contribution is 5.89. The number of ether oxygens (including phenoxy) is 1. The molecule has 26 heavy (non-hydrogen) atoms. The third-order valence-corrected chi connectivity index (χ3v) is 4.52. The van der Waals surface area contributed by atoms with Gasteiger partial charge in [0.15, 0.2) is 0 Å². The zero-order chi connectivity index (χ0) is 18.5. The fourth-order valence-electron chi connectivity index (χ4n) is 3.20. The Bertz CT molecular complexity index is 740. The summed E-state index contributed by atoms with van der Waals surface area (Å²) < 4.78 is 10.7. The molecule has 3 rings (SSSR count). The smallest absolute Gasteiger partial charge is 0.228 e. The monoisotopic (exact) mass is 356 g/mol. The summed E-state index contributed by atoms with van der Waals surface area (Å²) in [5.41, 5.74) is 1.03. The van der Waals surface area contributed by atoms with Gasteiger partial charge in [-0.15, -0.1) is 0 Å². The molecular formula is C20H24N2O4. The fraction of sp³-hybridized carbons (Fsp3) is 0.400. The first-order valence-corrected chi connectivity index (χ1v) is 8.83. The highest BCUT2D eigenvalue weighted by Gasteiger charge is 2.35. The second kappa shape index (κ2) is 8.08. The maximum Gasteiger partial charge on any atom is 0.228 e. The molecular weight excluding hydrogens is 332 g/mol. The van der Waals surface area contributed by atoms with Crippen LogP contribution < -0.4 is 4.74 Å². The molecule has 0 saturated carbocycles. The second-order valence-corrected chi connectivity index (χ2v) is 6.53. The predicted molar refractivity (Wildman–Crippen MR) is 96.3 cm³/mol. The average Bonchev–Trinajstić information content (AvgIpc) is 3.27.